The lowest BCUT2D eigenvalue weighted by molar-refractivity contribution is 1.18. The number of fused-ring (bicyclic) bond motifs is 5. The lowest BCUT2D eigenvalue weighted by Crippen LogP contribution is -1.95. The van der Waals surface area contributed by atoms with Gasteiger partial charge in [0.15, 0.2) is 5.82 Å². The van der Waals surface area contributed by atoms with E-state index in [0.717, 1.165) is 33.9 Å². The third-order valence-electron chi connectivity index (χ3n) is 8.64. The third kappa shape index (κ3) is 4.50. The van der Waals surface area contributed by atoms with Crippen LogP contribution in [-0.2, 0) is 0 Å². The Morgan fingerprint density at radius 1 is 0.413 bits per heavy atom. The SMILES string of the molecule is c1ccc(-c2ccc3c(c2)sc2c(-c4ccc(-c5cc(-c6ccccc6)nc(-c6ccccc6)n5)cc4)c4ccccc4n23)cc1. The Labute approximate surface area is 270 Å². The summed E-state index contributed by atoms with van der Waals surface area (Å²) in [5.41, 5.74) is 12.3. The van der Waals surface area contributed by atoms with Crippen LogP contribution >= 0.6 is 11.3 Å². The minimum absolute atomic E-state index is 0.723. The van der Waals surface area contributed by atoms with E-state index in [0.29, 0.717) is 0 Å². The molecule has 46 heavy (non-hydrogen) atoms. The fourth-order valence-corrected chi connectivity index (χ4v) is 7.68. The van der Waals surface area contributed by atoms with Gasteiger partial charge in [-0.2, -0.15) is 0 Å². The van der Waals surface area contributed by atoms with Crippen LogP contribution in [0.15, 0.2) is 164 Å². The standard InChI is InChI=1S/C42H27N3S/c1-4-12-28(13-5-1)33-24-25-38-39(26-33)46-42-40(34-18-10-11-19-37(34)45(38)42)31-22-20-30(21-23-31)36-27-35(29-14-6-2-7-15-29)43-41(44-36)32-16-8-3-9-17-32/h1-27H. The van der Waals surface area contributed by atoms with Crippen molar-refractivity contribution in [1.82, 2.24) is 14.4 Å². The van der Waals surface area contributed by atoms with E-state index in [-0.39, 0.29) is 0 Å². The molecule has 4 heteroatoms. The number of nitrogens with zero attached hydrogens (tertiary/aromatic N) is 3. The Balaban J connectivity index is 1.18. The van der Waals surface area contributed by atoms with Crippen molar-refractivity contribution in [2.75, 3.05) is 0 Å². The van der Waals surface area contributed by atoms with Gasteiger partial charge in [0.2, 0.25) is 0 Å². The molecule has 0 amide bonds. The number of benzene rings is 6. The van der Waals surface area contributed by atoms with E-state index in [1.165, 1.54) is 48.2 Å². The van der Waals surface area contributed by atoms with Gasteiger partial charge in [0, 0.05) is 27.6 Å². The molecule has 0 fully saturated rings. The summed E-state index contributed by atoms with van der Waals surface area (Å²) in [6, 6.07) is 57.7. The number of para-hydroxylation sites is 1. The molecule has 3 aromatic heterocycles. The van der Waals surface area contributed by atoms with E-state index in [4.69, 9.17) is 9.97 Å². The maximum atomic E-state index is 5.04. The lowest BCUT2D eigenvalue weighted by Gasteiger charge is -2.10. The highest BCUT2D eigenvalue weighted by Crippen LogP contribution is 2.43. The molecule has 3 heterocycles. The Morgan fingerprint density at radius 2 is 0.957 bits per heavy atom. The topological polar surface area (TPSA) is 30.2 Å². The Kier molecular flexibility index (Phi) is 6.32. The maximum absolute atomic E-state index is 5.04. The van der Waals surface area contributed by atoms with Crippen LogP contribution in [0.3, 0.4) is 0 Å². The fraction of sp³-hybridized carbons (Fsp3) is 0. The molecule has 0 aliphatic carbocycles. The first-order valence-electron chi connectivity index (χ1n) is 15.4. The predicted molar refractivity (Wildman–Crippen MR) is 193 cm³/mol. The summed E-state index contributed by atoms with van der Waals surface area (Å²) in [6.07, 6.45) is 0. The molecule has 0 unspecified atom stereocenters. The van der Waals surface area contributed by atoms with Crippen molar-refractivity contribution in [3.63, 3.8) is 0 Å². The van der Waals surface area contributed by atoms with E-state index < -0.39 is 0 Å². The number of hydrogen-bond donors (Lipinski definition) is 0. The molecule has 0 bridgehead atoms. The Hall–Kier alpha value is -5.84. The molecule has 0 N–H and O–H groups in total. The summed E-state index contributed by atoms with van der Waals surface area (Å²) < 4.78 is 3.71. The average Bonchev–Trinajstić information content (AvgIpc) is 3.67. The van der Waals surface area contributed by atoms with Crippen molar-refractivity contribution in [3.05, 3.63) is 164 Å². The minimum Gasteiger partial charge on any atom is -0.299 e. The lowest BCUT2D eigenvalue weighted by atomic mass is 10.0. The normalized spacial score (nSPS) is 11.5. The van der Waals surface area contributed by atoms with Crippen LogP contribution in [0.4, 0.5) is 0 Å². The number of aromatic nitrogens is 3. The quantitative estimate of drug-likeness (QED) is 0.195. The van der Waals surface area contributed by atoms with Crippen LogP contribution in [0.1, 0.15) is 0 Å². The predicted octanol–water partition coefficient (Wildman–Crippen LogP) is 11.4. The van der Waals surface area contributed by atoms with E-state index >= 15 is 0 Å². The van der Waals surface area contributed by atoms with Crippen molar-refractivity contribution in [1.29, 1.82) is 0 Å². The van der Waals surface area contributed by atoms with Crippen LogP contribution in [-0.4, -0.2) is 14.4 Å². The second kappa shape index (κ2) is 11.0. The molecule has 3 nitrogen and oxygen atoms in total. The fourth-order valence-electron chi connectivity index (χ4n) is 6.40. The molecule has 0 radical (unpaired) electrons. The summed E-state index contributed by atoms with van der Waals surface area (Å²) in [5.74, 6) is 0.723. The van der Waals surface area contributed by atoms with Gasteiger partial charge in [-0.1, -0.05) is 140 Å². The Morgan fingerprint density at radius 3 is 1.65 bits per heavy atom. The molecule has 0 aliphatic heterocycles. The molecule has 0 atom stereocenters. The molecular weight excluding hydrogens is 579 g/mol. The maximum Gasteiger partial charge on any atom is 0.160 e. The summed E-state index contributed by atoms with van der Waals surface area (Å²) in [4.78, 5) is 11.3. The zero-order valence-electron chi connectivity index (χ0n) is 24.8. The Bertz CT molecular complexity index is 2440. The summed E-state index contributed by atoms with van der Waals surface area (Å²) in [7, 11) is 0. The molecule has 9 rings (SSSR count). The van der Waals surface area contributed by atoms with Crippen molar-refractivity contribution in [2.45, 2.75) is 0 Å². The third-order valence-corrected chi connectivity index (χ3v) is 9.77. The van der Waals surface area contributed by atoms with E-state index in [1.807, 2.05) is 47.7 Å². The van der Waals surface area contributed by atoms with Gasteiger partial charge in [-0.3, -0.25) is 4.40 Å². The molecular formula is C42H27N3S. The monoisotopic (exact) mass is 605 g/mol. The van der Waals surface area contributed by atoms with Crippen LogP contribution < -0.4 is 0 Å². The highest BCUT2D eigenvalue weighted by molar-refractivity contribution is 7.24. The van der Waals surface area contributed by atoms with Gasteiger partial charge in [-0.15, -0.1) is 11.3 Å². The van der Waals surface area contributed by atoms with Crippen molar-refractivity contribution < 1.29 is 0 Å². The van der Waals surface area contributed by atoms with Crippen molar-refractivity contribution in [3.8, 4) is 56.2 Å². The van der Waals surface area contributed by atoms with E-state index in [9.17, 15) is 0 Å². The number of hydrogen-bond acceptors (Lipinski definition) is 3. The van der Waals surface area contributed by atoms with Gasteiger partial charge in [0.25, 0.3) is 0 Å². The van der Waals surface area contributed by atoms with Gasteiger partial charge >= 0.3 is 0 Å². The highest BCUT2D eigenvalue weighted by atomic mass is 32.1. The summed E-state index contributed by atoms with van der Waals surface area (Å²) in [6.45, 7) is 0. The first-order valence-corrected chi connectivity index (χ1v) is 16.2. The molecule has 0 spiro atoms. The first kappa shape index (κ1) is 26.6. The molecule has 0 aliphatic rings. The van der Waals surface area contributed by atoms with Gasteiger partial charge in [-0.25, -0.2) is 9.97 Å². The summed E-state index contributed by atoms with van der Waals surface area (Å²) >= 11 is 1.86. The smallest absolute Gasteiger partial charge is 0.160 e. The van der Waals surface area contributed by atoms with Crippen molar-refractivity contribution in [2.24, 2.45) is 0 Å². The highest BCUT2D eigenvalue weighted by Gasteiger charge is 2.19. The summed E-state index contributed by atoms with van der Waals surface area (Å²) in [5, 5.41) is 1.26. The van der Waals surface area contributed by atoms with Crippen LogP contribution in [0.5, 0.6) is 0 Å². The van der Waals surface area contributed by atoms with E-state index in [2.05, 4.69) is 132 Å². The second-order valence-corrected chi connectivity index (χ2v) is 12.5. The second-order valence-electron chi connectivity index (χ2n) is 11.5. The van der Waals surface area contributed by atoms with Crippen molar-refractivity contribution >= 4 is 37.3 Å². The van der Waals surface area contributed by atoms with E-state index in [1.54, 1.807) is 0 Å². The first-order chi connectivity index (χ1) is 22.8. The zero-order valence-corrected chi connectivity index (χ0v) is 25.7. The molecule has 0 saturated carbocycles. The molecule has 9 aromatic rings. The zero-order chi connectivity index (χ0) is 30.5. The van der Waals surface area contributed by atoms with Gasteiger partial charge in [0.1, 0.15) is 4.83 Å². The van der Waals surface area contributed by atoms with Gasteiger partial charge in [-0.05, 0) is 41.0 Å². The molecule has 0 saturated heterocycles. The van der Waals surface area contributed by atoms with Crippen LogP contribution in [0, 0.1) is 0 Å². The van der Waals surface area contributed by atoms with Crippen LogP contribution in [0.25, 0.3) is 82.1 Å². The number of rotatable bonds is 5. The van der Waals surface area contributed by atoms with Crippen LogP contribution in [0.2, 0.25) is 0 Å². The largest absolute Gasteiger partial charge is 0.299 e. The number of thiazole rings is 1. The van der Waals surface area contributed by atoms with Gasteiger partial charge in [0.05, 0.1) is 27.1 Å². The van der Waals surface area contributed by atoms with Gasteiger partial charge < -0.3 is 0 Å². The molecule has 216 valence electrons. The minimum atomic E-state index is 0.723. The molecule has 6 aromatic carbocycles. The average molecular weight is 606 g/mol.